The van der Waals surface area contributed by atoms with Crippen LogP contribution in [0.3, 0.4) is 0 Å². The normalized spacial score (nSPS) is 17.9. The highest BCUT2D eigenvalue weighted by Gasteiger charge is 2.39. The van der Waals surface area contributed by atoms with Gasteiger partial charge in [-0.1, -0.05) is 0 Å². The molecule has 0 aromatic rings. The molecule has 0 aromatic carbocycles. The van der Waals surface area contributed by atoms with Gasteiger partial charge in [-0.25, -0.2) is 14.6 Å². The van der Waals surface area contributed by atoms with Crippen molar-refractivity contribution in [3.05, 3.63) is 12.3 Å². The summed E-state index contributed by atoms with van der Waals surface area (Å²) in [7, 11) is 0. The van der Waals surface area contributed by atoms with Crippen molar-refractivity contribution in [2.75, 3.05) is 0 Å². The number of hydrogen-bond donors (Lipinski definition) is 2. The van der Waals surface area contributed by atoms with Crippen LogP contribution in [0, 0.1) is 0 Å². The van der Waals surface area contributed by atoms with Crippen LogP contribution < -0.4 is 11.5 Å². The number of nitrogens with zero attached hydrogens (tertiary/aromatic N) is 3. The number of carbonyl (C=O) groups is 2. The van der Waals surface area contributed by atoms with E-state index in [4.69, 9.17) is 20.9 Å². The standard InChI is InChI=1S/C14H25N5O4/c1-13(2,3)22-11(20)18-8-7-9(17-10(15)16)19(18)12(21)23-14(4,5)6/h7-9H,1-6H3,(H4,15,16,17). The quantitative estimate of drug-likeness (QED) is 0.555. The Morgan fingerprint density at radius 2 is 1.48 bits per heavy atom. The summed E-state index contributed by atoms with van der Waals surface area (Å²) in [5, 5.41) is 1.97. The molecule has 0 bridgehead atoms. The number of hydrogen-bond acceptors (Lipinski definition) is 5. The van der Waals surface area contributed by atoms with Crippen molar-refractivity contribution in [3.63, 3.8) is 0 Å². The first kappa shape index (κ1) is 18.6. The average molecular weight is 327 g/mol. The average Bonchev–Trinajstić information content (AvgIpc) is 2.66. The molecule has 0 fully saturated rings. The number of amides is 2. The molecule has 9 heteroatoms. The smallest absolute Gasteiger partial charge is 0.433 e. The van der Waals surface area contributed by atoms with Crippen molar-refractivity contribution in [3.8, 4) is 0 Å². The molecule has 4 N–H and O–H groups in total. The van der Waals surface area contributed by atoms with Crippen molar-refractivity contribution in [2.45, 2.75) is 58.9 Å². The van der Waals surface area contributed by atoms with Crippen LogP contribution in [0.2, 0.25) is 0 Å². The van der Waals surface area contributed by atoms with Gasteiger partial charge in [0.2, 0.25) is 0 Å². The molecule has 0 radical (unpaired) electrons. The van der Waals surface area contributed by atoms with Crippen molar-refractivity contribution in [2.24, 2.45) is 16.5 Å². The molecule has 1 atom stereocenters. The van der Waals surface area contributed by atoms with Crippen LogP contribution in [0.25, 0.3) is 0 Å². The summed E-state index contributed by atoms with van der Waals surface area (Å²) in [6.07, 6.45) is 0.432. The number of ether oxygens (including phenoxy) is 2. The molecule has 2 amide bonds. The van der Waals surface area contributed by atoms with Crippen LogP contribution in [-0.2, 0) is 9.47 Å². The van der Waals surface area contributed by atoms with Gasteiger partial charge in [-0.05, 0) is 47.6 Å². The molecule has 130 valence electrons. The number of aliphatic imine (C=N–C) groups is 1. The minimum atomic E-state index is -0.887. The highest BCUT2D eigenvalue weighted by Crippen LogP contribution is 2.23. The van der Waals surface area contributed by atoms with E-state index in [1.807, 2.05) is 0 Å². The summed E-state index contributed by atoms with van der Waals surface area (Å²) in [6.45, 7) is 10.3. The van der Waals surface area contributed by atoms with Gasteiger partial charge >= 0.3 is 12.2 Å². The molecule has 1 aliphatic heterocycles. The van der Waals surface area contributed by atoms with E-state index in [9.17, 15) is 9.59 Å². The fourth-order valence-corrected chi connectivity index (χ4v) is 1.65. The first-order chi connectivity index (χ1) is 10.3. The Balaban J connectivity index is 3.05. The summed E-state index contributed by atoms with van der Waals surface area (Å²) in [5.41, 5.74) is 9.26. The Hall–Kier alpha value is -2.45. The lowest BCUT2D eigenvalue weighted by atomic mass is 10.2. The molecule has 1 rings (SSSR count). The third-order valence-corrected chi connectivity index (χ3v) is 2.32. The van der Waals surface area contributed by atoms with Gasteiger partial charge in [0.1, 0.15) is 11.2 Å². The molecule has 1 heterocycles. The third kappa shape index (κ3) is 5.68. The van der Waals surface area contributed by atoms with Gasteiger partial charge in [-0.15, -0.1) is 0 Å². The second-order valence-electron chi connectivity index (χ2n) is 6.96. The Labute approximate surface area is 135 Å². The lowest BCUT2D eigenvalue weighted by Gasteiger charge is -2.33. The molecule has 0 saturated carbocycles. The molecule has 0 aromatic heterocycles. The van der Waals surface area contributed by atoms with Crippen molar-refractivity contribution in [1.29, 1.82) is 0 Å². The van der Waals surface area contributed by atoms with E-state index < -0.39 is 29.6 Å². The number of hydrazine groups is 1. The monoisotopic (exact) mass is 327 g/mol. The maximum absolute atomic E-state index is 12.4. The van der Waals surface area contributed by atoms with E-state index in [1.54, 1.807) is 41.5 Å². The second-order valence-corrected chi connectivity index (χ2v) is 6.96. The van der Waals surface area contributed by atoms with Crippen LogP contribution in [0.15, 0.2) is 17.3 Å². The zero-order valence-electron chi connectivity index (χ0n) is 14.4. The van der Waals surface area contributed by atoms with E-state index >= 15 is 0 Å². The molecular formula is C14H25N5O4. The molecule has 0 saturated heterocycles. The van der Waals surface area contributed by atoms with Crippen LogP contribution in [0.4, 0.5) is 9.59 Å². The molecule has 0 spiro atoms. The SMILES string of the molecule is CC(C)(C)OC(=O)N1C=CC(N=C(N)N)N1C(=O)OC(C)(C)C. The topological polar surface area (TPSA) is 123 Å². The predicted molar refractivity (Wildman–Crippen MR) is 84.9 cm³/mol. The van der Waals surface area contributed by atoms with Gasteiger partial charge in [-0.3, -0.25) is 0 Å². The Morgan fingerprint density at radius 1 is 1.00 bits per heavy atom. The Morgan fingerprint density at radius 3 is 1.91 bits per heavy atom. The van der Waals surface area contributed by atoms with Gasteiger partial charge in [0.05, 0.1) is 0 Å². The van der Waals surface area contributed by atoms with Crippen LogP contribution >= 0.6 is 0 Å². The summed E-state index contributed by atoms with van der Waals surface area (Å²) in [4.78, 5) is 28.6. The molecular weight excluding hydrogens is 302 g/mol. The highest BCUT2D eigenvalue weighted by molar-refractivity contribution is 5.79. The molecule has 1 unspecified atom stereocenters. The zero-order valence-corrected chi connectivity index (χ0v) is 14.4. The van der Waals surface area contributed by atoms with Crippen LogP contribution in [0.5, 0.6) is 0 Å². The van der Waals surface area contributed by atoms with E-state index in [2.05, 4.69) is 4.99 Å². The minimum absolute atomic E-state index is 0.223. The van der Waals surface area contributed by atoms with E-state index in [1.165, 1.54) is 12.3 Å². The van der Waals surface area contributed by atoms with Gasteiger partial charge < -0.3 is 20.9 Å². The Kier molecular flexibility index (Phi) is 5.13. The van der Waals surface area contributed by atoms with Gasteiger partial charge in [0.15, 0.2) is 12.1 Å². The second kappa shape index (κ2) is 6.35. The van der Waals surface area contributed by atoms with Gasteiger partial charge in [0, 0.05) is 6.20 Å². The lowest BCUT2D eigenvalue weighted by Crippen LogP contribution is -2.51. The maximum Gasteiger partial charge on any atom is 0.433 e. The molecule has 23 heavy (non-hydrogen) atoms. The maximum atomic E-state index is 12.4. The highest BCUT2D eigenvalue weighted by atomic mass is 16.6. The number of guanidine groups is 1. The molecule has 9 nitrogen and oxygen atoms in total. The fraction of sp³-hybridized carbons (Fsp3) is 0.643. The summed E-state index contributed by atoms with van der Waals surface area (Å²) in [6, 6.07) is 0. The summed E-state index contributed by atoms with van der Waals surface area (Å²) < 4.78 is 10.6. The van der Waals surface area contributed by atoms with Crippen molar-refractivity contribution >= 4 is 18.1 Å². The van der Waals surface area contributed by atoms with E-state index in [0.717, 1.165) is 10.0 Å². The molecule has 1 aliphatic rings. The predicted octanol–water partition coefficient (Wildman–Crippen LogP) is 1.50. The number of carbonyl (C=O) groups excluding carboxylic acids is 2. The minimum Gasteiger partial charge on any atom is -0.442 e. The Bertz CT molecular complexity index is 526. The van der Waals surface area contributed by atoms with Gasteiger partial charge in [0.25, 0.3) is 0 Å². The largest absolute Gasteiger partial charge is 0.442 e. The lowest BCUT2D eigenvalue weighted by molar-refractivity contribution is -0.0452. The van der Waals surface area contributed by atoms with Gasteiger partial charge in [-0.2, -0.15) is 10.0 Å². The van der Waals surface area contributed by atoms with Crippen LogP contribution in [-0.4, -0.2) is 45.5 Å². The van der Waals surface area contributed by atoms with Crippen molar-refractivity contribution in [1.82, 2.24) is 10.0 Å². The molecule has 0 aliphatic carbocycles. The third-order valence-electron chi connectivity index (χ3n) is 2.32. The van der Waals surface area contributed by atoms with E-state index in [-0.39, 0.29) is 5.96 Å². The van der Waals surface area contributed by atoms with E-state index in [0.29, 0.717) is 0 Å². The number of nitrogens with two attached hydrogens (primary N) is 2. The summed E-state index contributed by atoms with van der Waals surface area (Å²) >= 11 is 0. The van der Waals surface area contributed by atoms with Crippen molar-refractivity contribution < 1.29 is 19.1 Å². The first-order valence-corrected chi connectivity index (χ1v) is 7.11. The number of rotatable bonds is 1. The van der Waals surface area contributed by atoms with Crippen LogP contribution in [0.1, 0.15) is 41.5 Å². The zero-order chi connectivity index (χ0) is 18.0. The first-order valence-electron chi connectivity index (χ1n) is 7.11. The fourth-order valence-electron chi connectivity index (χ4n) is 1.65. The summed E-state index contributed by atoms with van der Waals surface area (Å²) in [5.74, 6) is -0.223.